The summed E-state index contributed by atoms with van der Waals surface area (Å²) in [5.41, 5.74) is 8.08. The molecule has 162 valence electrons. The number of alkyl halides is 3. The van der Waals surface area contributed by atoms with Crippen LogP contribution >= 0.6 is 11.3 Å². The summed E-state index contributed by atoms with van der Waals surface area (Å²) in [6.45, 7) is 1.94. The van der Waals surface area contributed by atoms with E-state index in [2.05, 4.69) is 15.3 Å². The predicted molar refractivity (Wildman–Crippen MR) is 114 cm³/mol. The van der Waals surface area contributed by atoms with Crippen LogP contribution in [0.1, 0.15) is 41.9 Å². The second-order valence-electron chi connectivity index (χ2n) is 8.49. The van der Waals surface area contributed by atoms with Gasteiger partial charge in [-0.1, -0.05) is 6.07 Å². The van der Waals surface area contributed by atoms with Crippen LogP contribution in [0.4, 0.5) is 24.8 Å². The topological polar surface area (TPSA) is 76.7 Å². The molecule has 2 heterocycles. The lowest BCUT2D eigenvalue weighted by Crippen LogP contribution is -2.41. The molecule has 5 rings (SSSR count). The average molecular weight is 446 g/mol. The fraction of sp³-hybridized carbons (Fsp3) is 0.409. The van der Waals surface area contributed by atoms with Gasteiger partial charge < -0.3 is 11.1 Å². The molecule has 0 amide bonds. The van der Waals surface area contributed by atoms with Crippen molar-refractivity contribution in [3.8, 4) is 10.4 Å². The third-order valence-electron chi connectivity index (χ3n) is 5.95. The molecule has 31 heavy (non-hydrogen) atoms. The molecule has 3 N–H and O–H groups in total. The first-order chi connectivity index (χ1) is 14.7. The molecule has 2 saturated carbocycles. The SMILES string of the molecule is Cc1cc(Nc2nccc(C(F)(F)F)n2)cc(-c2cnc(C(N)(C3CC3)C3CC3)s2)c1. The van der Waals surface area contributed by atoms with Gasteiger partial charge in [-0.25, -0.2) is 15.0 Å². The van der Waals surface area contributed by atoms with E-state index < -0.39 is 11.9 Å². The number of hydrogen-bond donors (Lipinski definition) is 2. The number of anilines is 2. The van der Waals surface area contributed by atoms with Crippen LogP contribution in [0.5, 0.6) is 0 Å². The van der Waals surface area contributed by atoms with E-state index in [9.17, 15) is 13.2 Å². The third-order valence-corrected chi connectivity index (χ3v) is 7.16. The Morgan fingerprint density at radius 3 is 2.42 bits per heavy atom. The molecule has 9 heteroatoms. The quantitative estimate of drug-likeness (QED) is 0.513. The molecular weight excluding hydrogens is 423 g/mol. The summed E-state index contributed by atoms with van der Waals surface area (Å²) in [6, 6.07) is 6.60. The lowest BCUT2D eigenvalue weighted by Gasteiger charge is -2.27. The van der Waals surface area contributed by atoms with E-state index in [0.29, 0.717) is 17.5 Å². The number of rotatable bonds is 6. The van der Waals surface area contributed by atoms with Crippen molar-refractivity contribution < 1.29 is 13.2 Å². The van der Waals surface area contributed by atoms with Crippen molar-refractivity contribution in [2.24, 2.45) is 17.6 Å². The Bertz CT molecular complexity index is 1110. The second-order valence-corrected chi connectivity index (χ2v) is 9.52. The molecule has 0 aliphatic heterocycles. The van der Waals surface area contributed by atoms with Gasteiger partial charge in [-0.05, 0) is 73.8 Å². The number of hydrogen-bond acceptors (Lipinski definition) is 6. The van der Waals surface area contributed by atoms with Gasteiger partial charge >= 0.3 is 6.18 Å². The summed E-state index contributed by atoms with van der Waals surface area (Å²) in [6.07, 6.45) is 3.09. The highest BCUT2D eigenvalue weighted by molar-refractivity contribution is 7.15. The maximum Gasteiger partial charge on any atom is 0.433 e. The van der Waals surface area contributed by atoms with Gasteiger partial charge in [-0.3, -0.25) is 0 Å². The monoisotopic (exact) mass is 445 g/mol. The highest BCUT2D eigenvalue weighted by Gasteiger charge is 2.54. The molecule has 5 nitrogen and oxygen atoms in total. The number of nitrogens with one attached hydrogen (secondary N) is 1. The van der Waals surface area contributed by atoms with Crippen LogP contribution < -0.4 is 11.1 Å². The van der Waals surface area contributed by atoms with Crippen LogP contribution in [0, 0.1) is 18.8 Å². The van der Waals surface area contributed by atoms with Crippen molar-refractivity contribution in [1.82, 2.24) is 15.0 Å². The van der Waals surface area contributed by atoms with Crippen LogP contribution in [-0.4, -0.2) is 15.0 Å². The van der Waals surface area contributed by atoms with Gasteiger partial charge in [0.05, 0.1) is 10.4 Å². The molecule has 1 aromatic carbocycles. The highest BCUT2D eigenvalue weighted by atomic mass is 32.1. The van der Waals surface area contributed by atoms with E-state index in [1.807, 2.05) is 31.3 Å². The summed E-state index contributed by atoms with van der Waals surface area (Å²) in [5, 5.41) is 3.89. The van der Waals surface area contributed by atoms with E-state index in [0.717, 1.165) is 59.0 Å². The van der Waals surface area contributed by atoms with E-state index in [4.69, 9.17) is 10.7 Å². The summed E-state index contributed by atoms with van der Waals surface area (Å²) in [7, 11) is 0. The molecule has 2 aliphatic carbocycles. The maximum absolute atomic E-state index is 12.9. The second kappa shape index (κ2) is 7.27. The summed E-state index contributed by atoms with van der Waals surface area (Å²) < 4.78 is 38.8. The Hall–Kier alpha value is -2.52. The molecular formula is C22H22F3N5S. The number of aryl methyl sites for hydroxylation is 1. The van der Waals surface area contributed by atoms with Crippen LogP contribution in [0.15, 0.2) is 36.7 Å². The van der Waals surface area contributed by atoms with Gasteiger partial charge in [0.15, 0.2) is 0 Å². The van der Waals surface area contributed by atoms with Gasteiger partial charge in [0.25, 0.3) is 0 Å². The molecule has 2 aliphatic rings. The van der Waals surface area contributed by atoms with Crippen molar-refractivity contribution in [2.75, 3.05) is 5.32 Å². The van der Waals surface area contributed by atoms with E-state index in [1.165, 1.54) is 0 Å². The third kappa shape index (κ3) is 4.04. The Kier molecular flexibility index (Phi) is 4.78. The highest BCUT2D eigenvalue weighted by Crippen LogP contribution is 2.56. The largest absolute Gasteiger partial charge is 0.433 e. The van der Waals surface area contributed by atoms with Gasteiger partial charge in [-0.2, -0.15) is 13.2 Å². The van der Waals surface area contributed by atoms with Gasteiger partial charge in [0.1, 0.15) is 10.7 Å². The predicted octanol–water partition coefficient (Wildman–Crippen LogP) is 5.64. The van der Waals surface area contributed by atoms with Gasteiger partial charge in [-0.15, -0.1) is 11.3 Å². The zero-order chi connectivity index (χ0) is 21.8. The molecule has 0 bridgehead atoms. The molecule has 0 atom stereocenters. The van der Waals surface area contributed by atoms with Crippen molar-refractivity contribution in [3.63, 3.8) is 0 Å². The van der Waals surface area contributed by atoms with Gasteiger partial charge in [0, 0.05) is 18.1 Å². The summed E-state index contributed by atoms with van der Waals surface area (Å²) in [5.74, 6) is 0.943. The number of aromatic nitrogens is 3. The van der Waals surface area contributed by atoms with Crippen LogP contribution in [-0.2, 0) is 11.7 Å². The van der Waals surface area contributed by atoms with Crippen molar-refractivity contribution in [2.45, 2.75) is 44.3 Å². The number of thiazole rings is 1. The molecule has 0 spiro atoms. The smallest absolute Gasteiger partial charge is 0.324 e. The van der Waals surface area contributed by atoms with Crippen LogP contribution in [0.2, 0.25) is 0 Å². The van der Waals surface area contributed by atoms with E-state index >= 15 is 0 Å². The Balaban J connectivity index is 1.43. The van der Waals surface area contributed by atoms with Crippen LogP contribution in [0.3, 0.4) is 0 Å². The van der Waals surface area contributed by atoms with Gasteiger partial charge in [0.2, 0.25) is 5.95 Å². The maximum atomic E-state index is 12.9. The minimum Gasteiger partial charge on any atom is -0.324 e. The van der Waals surface area contributed by atoms with Crippen molar-refractivity contribution in [3.05, 3.63) is 52.9 Å². The van der Waals surface area contributed by atoms with E-state index in [-0.39, 0.29) is 11.5 Å². The summed E-state index contributed by atoms with van der Waals surface area (Å²) in [4.78, 5) is 13.2. The fourth-order valence-electron chi connectivity index (χ4n) is 4.12. The van der Waals surface area contributed by atoms with Crippen molar-refractivity contribution >= 4 is 23.0 Å². The summed E-state index contributed by atoms with van der Waals surface area (Å²) >= 11 is 1.62. The first-order valence-corrected chi connectivity index (χ1v) is 11.1. The number of nitrogens with two attached hydrogens (primary N) is 1. The first kappa shape index (κ1) is 20.4. The molecule has 0 radical (unpaired) electrons. The van der Waals surface area contributed by atoms with E-state index in [1.54, 1.807) is 11.3 Å². The zero-order valence-corrected chi connectivity index (χ0v) is 17.7. The molecule has 2 fully saturated rings. The molecule has 3 aromatic rings. The first-order valence-electron chi connectivity index (χ1n) is 10.3. The number of halogens is 3. The Labute approximate surface area is 182 Å². The molecule has 0 saturated heterocycles. The minimum absolute atomic E-state index is 0.0974. The minimum atomic E-state index is -4.52. The molecule has 2 aromatic heterocycles. The normalized spacial score (nSPS) is 17.1. The lowest BCUT2D eigenvalue weighted by molar-refractivity contribution is -0.141. The molecule has 0 unspecified atom stereocenters. The lowest BCUT2D eigenvalue weighted by atomic mass is 9.89. The fourth-order valence-corrected chi connectivity index (χ4v) is 5.28. The number of benzene rings is 1. The van der Waals surface area contributed by atoms with Crippen LogP contribution in [0.25, 0.3) is 10.4 Å². The Morgan fingerprint density at radius 2 is 1.77 bits per heavy atom. The number of nitrogens with zero attached hydrogens (tertiary/aromatic N) is 3. The zero-order valence-electron chi connectivity index (χ0n) is 16.9. The standard InChI is InChI=1S/C22H22F3N5S/c1-12-8-13(10-16(9-12)29-20-27-7-6-18(30-20)22(23,24)25)17-11-28-19(31-17)21(26,14-2-3-14)15-4-5-15/h6-11,14-15H,2-5,26H2,1H3,(H,27,29,30). The van der Waals surface area contributed by atoms with Crippen molar-refractivity contribution in [1.29, 1.82) is 0 Å². The Morgan fingerprint density at radius 1 is 1.06 bits per heavy atom. The average Bonchev–Trinajstić information content (AvgIpc) is 3.64.